The minimum atomic E-state index is -0.297. The lowest BCUT2D eigenvalue weighted by atomic mass is 10.0. The molecule has 4 heteroatoms. The number of ether oxygens (including phenoxy) is 1. The number of rotatable bonds is 7. The Kier molecular flexibility index (Phi) is 5.84. The van der Waals surface area contributed by atoms with E-state index in [4.69, 9.17) is 10.5 Å². The van der Waals surface area contributed by atoms with Crippen molar-refractivity contribution in [3.63, 3.8) is 0 Å². The molecule has 0 amide bonds. The first kappa shape index (κ1) is 15.6. The van der Waals surface area contributed by atoms with Gasteiger partial charge in [-0.1, -0.05) is 25.1 Å². The topological polar surface area (TPSA) is 48.1 Å². The second-order valence-corrected chi connectivity index (χ2v) is 4.99. The highest BCUT2D eigenvalue weighted by Crippen LogP contribution is 2.23. The molecule has 0 aliphatic carbocycles. The predicted molar refractivity (Wildman–Crippen MR) is 81.3 cm³/mol. The number of nitrogens with zero attached hydrogens (tertiary/aromatic N) is 1. The molecule has 112 valence electrons. The van der Waals surface area contributed by atoms with E-state index < -0.39 is 0 Å². The molecular weight excluding hydrogens is 267 g/mol. The number of hydrogen-bond acceptors (Lipinski definition) is 3. The minimum Gasteiger partial charge on any atom is -0.371 e. The molecule has 1 aromatic carbocycles. The molecule has 2 rings (SSSR count). The van der Waals surface area contributed by atoms with Crippen LogP contribution in [0, 0.1) is 5.82 Å². The number of halogens is 1. The lowest BCUT2D eigenvalue weighted by Crippen LogP contribution is -2.30. The van der Waals surface area contributed by atoms with Crippen molar-refractivity contribution in [2.45, 2.75) is 31.9 Å². The third kappa shape index (κ3) is 4.62. The molecule has 0 bridgehead atoms. The molecule has 0 aliphatic rings. The van der Waals surface area contributed by atoms with Crippen LogP contribution in [0.15, 0.2) is 48.7 Å². The quantitative estimate of drug-likeness (QED) is 0.850. The van der Waals surface area contributed by atoms with Gasteiger partial charge in [0.15, 0.2) is 0 Å². The molecule has 0 fully saturated rings. The Hall–Kier alpha value is -1.78. The van der Waals surface area contributed by atoms with Crippen LogP contribution in [0.2, 0.25) is 0 Å². The fourth-order valence-electron chi connectivity index (χ4n) is 2.20. The van der Waals surface area contributed by atoms with Gasteiger partial charge in [-0.05, 0) is 36.2 Å². The molecule has 0 spiro atoms. The number of benzene rings is 1. The van der Waals surface area contributed by atoms with Crippen molar-refractivity contribution in [2.24, 2.45) is 5.73 Å². The standard InChI is InChI=1S/C17H21FN2O/c1-2-16(19)17(13-6-5-7-14(18)12-13)21-11-9-15-8-3-4-10-20-15/h3-8,10,12,16-17H,2,9,11,19H2,1H3. The van der Waals surface area contributed by atoms with Gasteiger partial charge in [0.25, 0.3) is 0 Å². The number of aromatic nitrogens is 1. The Morgan fingerprint density at radius 3 is 2.76 bits per heavy atom. The van der Waals surface area contributed by atoms with E-state index in [1.54, 1.807) is 12.3 Å². The first-order chi connectivity index (χ1) is 10.2. The maximum Gasteiger partial charge on any atom is 0.123 e. The second-order valence-electron chi connectivity index (χ2n) is 4.99. The van der Waals surface area contributed by atoms with Crippen LogP contribution in [0.5, 0.6) is 0 Å². The molecule has 3 nitrogen and oxygen atoms in total. The van der Waals surface area contributed by atoms with Gasteiger partial charge < -0.3 is 10.5 Å². The summed E-state index contributed by atoms with van der Waals surface area (Å²) in [6, 6.07) is 12.1. The lowest BCUT2D eigenvalue weighted by Gasteiger charge is -2.24. The number of nitrogens with two attached hydrogens (primary N) is 1. The molecule has 1 aromatic heterocycles. The van der Waals surface area contributed by atoms with Crippen molar-refractivity contribution >= 4 is 0 Å². The van der Waals surface area contributed by atoms with Gasteiger partial charge in [-0.3, -0.25) is 4.98 Å². The molecule has 2 unspecified atom stereocenters. The van der Waals surface area contributed by atoms with Crippen molar-refractivity contribution in [2.75, 3.05) is 6.61 Å². The summed E-state index contributed by atoms with van der Waals surface area (Å²) in [5.74, 6) is -0.269. The van der Waals surface area contributed by atoms with Crippen LogP contribution < -0.4 is 5.73 Å². The van der Waals surface area contributed by atoms with Crippen LogP contribution in [-0.2, 0) is 11.2 Å². The van der Waals surface area contributed by atoms with Gasteiger partial charge in [-0.25, -0.2) is 4.39 Å². The Morgan fingerprint density at radius 2 is 2.10 bits per heavy atom. The Balaban J connectivity index is 2.00. The fraction of sp³-hybridized carbons (Fsp3) is 0.353. The van der Waals surface area contributed by atoms with E-state index in [1.165, 1.54) is 12.1 Å². The Morgan fingerprint density at radius 1 is 1.24 bits per heavy atom. The molecule has 0 aliphatic heterocycles. The molecule has 2 atom stereocenters. The van der Waals surface area contributed by atoms with E-state index in [0.29, 0.717) is 13.0 Å². The SMILES string of the molecule is CCC(N)C(OCCc1ccccn1)c1cccc(F)c1. The zero-order chi connectivity index (χ0) is 15.1. The van der Waals surface area contributed by atoms with E-state index in [9.17, 15) is 4.39 Å². The molecule has 0 saturated carbocycles. The summed E-state index contributed by atoms with van der Waals surface area (Å²) in [6.45, 7) is 2.50. The lowest BCUT2D eigenvalue weighted by molar-refractivity contribution is 0.0349. The van der Waals surface area contributed by atoms with Crippen molar-refractivity contribution in [3.8, 4) is 0 Å². The smallest absolute Gasteiger partial charge is 0.123 e. The highest BCUT2D eigenvalue weighted by atomic mass is 19.1. The van der Waals surface area contributed by atoms with Crippen LogP contribution in [0.25, 0.3) is 0 Å². The van der Waals surface area contributed by atoms with Gasteiger partial charge in [0.05, 0.1) is 12.7 Å². The van der Waals surface area contributed by atoms with E-state index in [0.717, 1.165) is 17.7 Å². The summed E-state index contributed by atoms with van der Waals surface area (Å²) in [7, 11) is 0. The largest absolute Gasteiger partial charge is 0.371 e. The summed E-state index contributed by atoms with van der Waals surface area (Å²) >= 11 is 0. The van der Waals surface area contributed by atoms with Crippen LogP contribution in [0.1, 0.15) is 30.7 Å². The van der Waals surface area contributed by atoms with Crippen molar-refractivity contribution in [1.82, 2.24) is 4.98 Å². The molecule has 2 aromatic rings. The average molecular weight is 288 g/mol. The molecule has 21 heavy (non-hydrogen) atoms. The second kappa shape index (κ2) is 7.86. The van der Waals surface area contributed by atoms with E-state index >= 15 is 0 Å². The molecule has 2 N–H and O–H groups in total. The highest BCUT2D eigenvalue weighted by molar-refractivity contribution is 5.20. The monoisotopic (exact) mass is 288 g/mol. The van der Waals surface area contributed by atoms with Crippen LogP contribution in [0.3, 0.4) is 0 Å². The van der Waals surface area contributed by atoms with Gasteiger partial charge in [0.2, 0.25) is 0 Å². The molecule has 0 saturated heterocycles. The van der Waals surface area contributed by atoms with Crippen LogP contribution >= 0.6 is 0 Å². The minimum absolute atomic E-state index is 0.157. The predicted octanol–water partition coefficient (Wildman–Crippen LogP) is 3.26. The summed E-state index contributed by atoms with van der Waals surface area (Å²) in [6.07, 6.45) is 2.94. The van der Waals surface area contributed by atoms with Gasteiger partial charge in [-0.15, -0.1) is 0 Å². The zero-order valence-electron chi connectivity index (χ0n) is 12.2. The maximum atomic E-state index is 13.4. The fourth-order valence-corrected chi connectivity index (χ4v) is 2.20. The van der Waals surface area contributed by atoms with Gasteiger partial charge >= 0.3 is 0 Å². The summed E-state index contributed by atoms with van der Waals surface area (Å²) < 4.78 is 19.3. The Labute approximate surface area is 125 Å². The van der Waals surface area contributed by atoms with Crippen molar-refractivity contribution in [3.05, 3.63) is 65.7 Å². The van der Waals surface area contributed by atoms with E-state index in [1.807, 2.05) is 31.2 Å². The first-order valence-electron chi connectivity index (χ1n) is 7.23. The number of hydrogen-bond donors (Lipinski definition) is 1. The first-order valence-corrected chi connectivity index (χ1v) is 7.23. The average Bonchev–Trinajstić information content (AvgIpc) is 2.52. The maximum absolute atomic E-state index is 13.4. The van der Waals surface area contributed by atoms with Gasteiger partial charge in [0, 0.05) is 24.4 Å². The van der Waals surface area contributed by atoms with Gasteiger partial charge in [0.1, 0.15) is 5.82 Å². The van der Waals surface area contributed by atoms with Gasteiger partial charge in [-0.2, -0.15) is 0 Å². The van der Waals surface area contributed by atoms with Crippen LogP contribution in [-0.4, -0.2) is 17.6 Å². The van der Waals surface area contributed by atoms with Crippen molar-refractivity contribution in [1.29, 1.82) is 0 Å². The Bertz CT molecular complexity index is 547. The summed E-state index contributed by atoms with van der Waals surface area (Å²) in [4.78, 5) is 4.26. The molecule has 0 radical (unpaired) electrons. The van der Waals surface area contributed by atoms with E-state index in [-0.39, 0.29) is 18.0 Å². The van der Waals surface area contributed by atoms with Crippen LogP contribution in [0.4, 0.5) is 4.39 Å². The number of pyridine rings is 1. The zero-order valence-corrected chi connectivity index (χ0v) is 12.2. The third-order valence-electron chi connectivity index (χ3n) is 3.42. The summed E-state index contributed by atoms with van der Waals surface area (Å²) in [5, 5.41) is 0. The van der Waals surface area contributed by atoms with Crippen molar-refractivity contribution < 1.29 is 9.13 Å². The normalized spacial score (nSPS) is 13.9. The third-order valence-corrected chi connectivity index (χ3v) is 3.42. The summed E-state index contributed by atoms with van der Waals surface area (Å²) in [5.41, 5.74) is 7.87. The molecular formula is C17H21FN2O. The van der Waals surface area contributed by atoms with E-state index in [2.05, 4.69) is 4.98 Å². The highest BCUT2D eigenvalue weighted by Gasteiger charge is 2.19. The molecule has 1 heterocycles.